The topological polar surface area (TPSA) is 29.3 Å². The van der Waals surface area contributed by atoms with Gasteiger partial charge in [-0.15, -0.1) is 0 Å². The molecule has 1 saturated heterocycles. The van der Waals surface area contributed by atoms with Crippen LogP contribution in [0.1, 0.15) is 44.4 Å². The Labute approximate surface area is 142 Å². The summed E-state index contributed by atoms with van der Waals surface area (Å²) in [4.78, 5) is 7.25. The number of aryl methyl sites for hydroxylation is 2. The quantitative estimate of drug-likeness (QED) is 0.604. The predicted molar refractivity (Wildman–Crippen MR) is 98.7 cm³/mol. The van der Waals surface area contributed by atoms with Gasteiger partial charge >= 0.3 is 0 Å². The van der Waals surface area contributed by atoms with E-state index < -0.39 is 0 Å². The highest BCUT2D eigenvalue weighted by Gasteiger charge is 2.52. The number of aromatic nitrogens is 1. The first kappa shape index (κ1) is 14.3. The van der Waals surface area contributed by atoms with Gasteiger partial charge in [-0.2, -0.15) is 0 Å². The van der Waals surface area contributed by atoms with Gasteiger partial charge in [0.25, 0.3) is 0 Å². The molecule has 1 saturated carbocycles. The molecule has 124 valence electrons. The fraction of sp³-hybridized carbons (Fsp3) is 0.476. The lowest BCUT2D eigenvalue weighted by Gasteiger charge is -2.40. The fourth-order valence-electron chi connectivity index (χ4n) is 5.10. The van der Waals surface area contributed by atoms with E-state index in [1.165, 1.54) is 35.9 Å². The molecule has 2 bridgehead atoms. The van der Waals surface area contributed by atoms with Crippen molar-refractivity contribution >= 4 is 27.8 Å². The van der Waals surface area contributed by atoms with Crippen LogP contribution >= 0.6 is 0 Å². The molecule has 0 amide bonds. The lowest BCUT2D eigenvalue weighted by molar-refractivity contribution is 0.295. The van der Waals surface area contributed by atoms with Gasteiger partial charge in [-0.05, 0) is 63.1 Å². The molecule has 0 N–H and O–H groups in total. The molecule has 3 aromatic rings. The zero-order valence-electron chi connectivity index (χ0n) is 14.9. The van der Waals surface area contributed by atoms with Crippen LogP contribution in [0.15, 0.2) is 28.7 Å². The van der Waals surface area contributed by atoms with E-state index in [-0.39, 0.29) is 0 Å². The summed E-state index contributed by atoms with van der Waals surface area (Å²) in [6, 6.07) is 9.85. The van der Waals surface area contributed by atoms with Crippen molar-refractivity contribution in [2.24, 2.45) is 5.41 Å². The van der Waals surface area contributed by atoms with Gasteiger partial charge in [0.2, 0.25) is 5.71 Å². The molecule has 2 aliphatic rings. The van der Waals surface area contributed by atoms with E-state index in [4.69, 9.17) is 4.42 Å². The van der Waals surface area contributed by atoms with E-state index in [0.717, 1.165) is 22.4 Å². The lowest BCUT2D eigenvalue weighted by Crippen LogP contribution is -2.42. The van der Waals surface area contributed by atoms with E-state index in [1.807, 2.05) is 6.92 Å². The Balaban J connectivity index is 1.79. The summed E-state index contributed by atoms with van der Waals surface area (Å²) in [5.74, 6) is 0. The van der Waals surface area contributed by atoms with Crippen LogP contribution < -0.4 is 4.90 Å². The Kier molecular flexibility index (Phi) is 2.70. The minimum absolute atomic E-state index is 0.445. The Morgan fingerprint density at radius 1 is 1.17 bits per heavy atom. The summed E-state index contributed by atoms with van der Waals surface area (Å²) in [6.07, 6.45) is 3.96. The third kappa shape index (κ3) is 1.70. The average molecular weight is 320 g/mol. The first-order chi connectivity index (χ1) is 11.5. The molecule has 1 aliphatic heterocycles. The third-order valence-corrected chi connectivity index (χ3v) is 6.65. The van der Waals surface area contributed by atoms with Gasteiger partial charge < -0.3 is 9.32 Å². The van der Waals surface area contributed by atoms with Gasteiger partial charge in [-0.1, -0.05) is 19.1 Å². The number of pyridine rings is 1. The smallest absolute Gasteiger partial charge is 0.227 e. The van der Waals surface area contributed by atoms with E-state index in [9.17, 15) is 0 Å². The van der Waals surface area contributed by atoms with Gasteiger partial charge in [0, 0.05) is 28.6 Å². The van der Waals surface area contributed by atoms with Crippen LogP contribution in [0.2, 0.25) is 0 Å². The second-order valence-electron chi connectivity index (χ2n) is 8.15. The van der Waals surface area contributed by atoms with Crippen LogP contribution in [0, 0.1) is 19.3 Å². The second kappa shape index (κ2) is 4.53. The summed E-state index contributed by atoms with van der Waals surface area (Å²) in [5.41, 5.74) is 5.83. The molecule has 3 atom stereocenters. The zero-order chi connectivity index (χ0) is 16.6. The van der Waals surface area contributed by atoms with Crippen molar-refractivity contribution in [1.82, 2.24) is 4.98 Å². The minimum Gasteiger partial charge on any atom is -0.436 e. The molecule has 0 radical (unpaired) electrons. The third-order valence-electron chi connectivity index (χ3n) is 6.65. The monoisotopic (exact) mass is 320 g/mol. The van der Waals surface area contributed by atoms with Crippen LogP contribution in [0.5, 0.6) is 0 Å². The molecule has 1 aliphatic carbocycles. The van der Waals surface area contributed by atoms with Crippen LogP contribution in [-0.2, 0) is 0 Å². The maximum atomic E-state index is 6.29. The average Bonchev–Trinajstić information content (AvgIpc) is 3.16. The van der Waals surface area contributed by atoms with Crippen molar-refractivity contribution in [3.8, 4) is 0 Å². The second-order valence-corrected chi connectivity index (χ2v) is 8.15. The Morgan fingerprint density at radius 3 is 2.71 bits per heavy atom. The molecule has 1 aromatic carbocycles. The highest BCUT2D eigenvalue weighted by molar-refractivity contribution is 6.08. The number of benzene rings is 1. The van der Waals surface area contributed by atoms with Crippen LogP contribution in [-0.4, -0.2) is 17.1 Å². The minimum atomic E-state index is 0.445. The molecule has 2 fully saturated rings. The van der Waals surface area contributed by atoms with E-state index >= 15 is 0 Å². The van der Waals surface area contributed by atoms with E-state index in [1.54, 1.807) is 0 Å². The Bertz CT molecular complexity index is 973. The van der Waals surface area contributed by atoms with E-state index in [0.29, 0.717) is 17.5 Å². The van der Waals surface area contributed by atoms with Gasteiger partial charge in [-0.3, -0.25) is 0 Å². The summed E-state index contributed by atoms with van der Waals surface area (Å²) < 4.78 is 6.29. The molecule has 5 rings (SSSR count). The van der Waals surface area contributed by atoms with Crippen LogP contribution in [0.3, 0.4) is 0 Å². The number of anilines is 1. The Hall–Kier alpha value is -2.03. The molecule has 3 heterocycles. The molecule has 2 aromatic heterocycles. The van der Waals surface area contributed by atoms with Crippen molar-refractivity contribution in [1.29, 1.82) is 0 Å². The predicted octanol–water partition coefficient (Wildman–Crippen LogP) is 5.37. The highest BCUT2D eigenvalue weighted by atomic mass is 16.3. The molecular weight excluding hydrogens is 296 g/mol. The first-order valence-electron chi connectivity index (χ1n) is 9.06. The number of furan rings is 1. The number of hydrogen-bond donors (Lipinski definition) is 0. The molecule has 0 spiro atoms. The number of fused-ring (bicyclic) bond motifs is 5. The SMILES string of the molecule is Cc1ccc2c(n1)oc1c(N3C4CCC(C)(C4)C3C)c(C)ccc12. The number of nitrogens with zero attached hydrogens (tertiary/aromatic N) is 2. The molecule has 3 heteroatoms. The molecule has 3 nitrogen and oxygen atoms in total. The van der Waals surface area contributed by atoms with Crippen molar-refractivity contribution in [2.45, 2.75) is 59.0 Å². The normalized spacial score (nSPS) is 29.2. The van der Waals surface area contributed by atoms with Gasteiger partial charge in [0.05, 0.1) is 5.69 Å². The van der Waals surface area contributed by atoms with Crippen molar-refractivity contribution < 1.29 is 4.42 Å². The molecular formula is C21H24N2O. The zero-order valence-corrected chi connectivity index (χ0v) is 14.9. The van der Waals surface area contributed by atoms with E-state index in [2.05, 4.69) is 54.9 Å². The van der Waals surface area contributed by atoms with Crippen molar-refractivity contribution in [3.05, 3.63) is 35.5 Å². The van der Waals surface area contributed by atoms with Gasteiger partial charge in [-0.25, -0.2) is 4.98 Å². The first-order valence-corrected chi connectivity index (χ1v) is 9.06. The molecule has 3 unspecified atom stereocenters. The Morgan fingerprint density at radius 2 is 1.96 bits per heavy atom. The standard InChI is InChI=1S/C21H24N2O/c1-12-5-7-16-17-8-6-13(2)22-20(17)24-19(16)18(12)23-14(3)21(4)10-9-15(23)11-21/h5-8,14-15H,9-11H2,1-4H3. The maximum Gasteiger partial charge on any atom is 0.227 e. The van der Waals surface area contributed by atoms with Crippen molar-refractivity contribution in [2.75, 3.05) is 4.90 Å². The van der Waals surface area contributed by atoms with Crippen LogP contribution in [0.25, 0.3) is 22.1 Å². The summed E-state index contributed by atoms with van der Waals surface area (Å²) in [5, 5.41) is 2.32. The fourth-order valence-corrected chi connectivity index (χ4v) is 5.10. The largest absolute Gasteiger partial charge is 0.436 e. The summed E-state index contributed by atoms with van der Waals surface area (Å²) >= 11 is 0. The number of rotatable bonds is 1. The van der Waals surface area contributed by atoms with Gasteiger partial charge in [0.1, 0.15) is 0 Å². The molecule has 24 heavy (non-hydrogen) atoms. The lowest BCUT2D eigenvalue weighted by atomic mass is 9.82. The number of hydrogen-bond acceptors (Lipinski definition) is 3. The highest BCUT2D eigenvalue weighted by Crippen LogP contribution is 2.55. The summed E-state index contributed by atoms with van der Waals surface area (Å²) in [7, 11) is 0. The van der Waals surface area contributed by atoms with Gasteiger partial charge in [0.15, 0.2) is 5.58 Å². The maximum absolute atomic E-state index is 6.29. The number of piperidine rings is 1. The van der Waals surface area contributed by atoms with Crippen molar-refractivity contribution in [3.63, 3.8) is 0 Å². The van der Waals surface area contributed by atoms with Crippen LogP contribution in [0.4, 0.5) is 5.69 Å². The summed E-state index contributed by atoms with van der Waals surface area (Å²) in [6.45, 7) is 9.07.